The molecule has 4 fully saturated rings. The number of nitrogens with zero attached hydrogens (tertiary/aromatic N) is 1. The van der Waals surface area contributed by atoms with E-state index < -0.39 is 23.1 Å². The van der Waals surface area contributed by atoms with Crippen molar-refractivity contribution in [1.29, 1.82) is 5.26 Å². The highest BCUT2D eigenvalue weighted by atomic mass is 19.1. The summed E-state index contributed by atoms with van der Waals surface area (Å²) in [6.45, 7) is 4.53. The number of ether oxygens (including phenoxy) is 1. The van der Waals surface area contributed by atoms with Crippen LogP contribution in [0.4, 0.5) is 4.39 Å². The van der Waals surface area contributed by atoms with Gasteiger partial charge in [-0.3, -0.25) is 14.4 Å². The number of aliphatic carboxylic acids is 1. The second kappa shape index (κ2) is 10.4. The van der Waals surface area contributed by atoms with Gasteiger partial charge in [-0.25, -0.2) is 4.39 Å². The number of carbonyl (C=O) groups excluding carboxylic acids is 2. The molecule has 0 radical (unpaired) electrons. The van der Waals surface area contributed by atoms with Crippen molar-refractivity contribution in [3.05, 3.63) is 29.1 Å². The minimum Gasteiger partial charge on any atom is -0.487 e. The van der Waals surface area contributed by atoms with Gasteiger partial charge in [0.1, 0.15) is 6.07 Å². The summed E-state index contributed by atoms with van der Waals surface area (Å²) in [5.74, 6) is -2.15. The molecule has 0 saturated heterocycles. The van der Waals surface area contributed by atoms with E-state index in [0.29, 0.717) is 32.2 Å². The molecule has 8 nitrogen and oxygen atoms in total. The van der Waals surface area contributed by atoms with Crippen LogP contribution < -0.4 is 15.4 Å². The van der Waals surface area contributed by atoms with Crippen molar-refractivity contribution in [2.45, 2.75) is 90.2 Å². The second-order valence-corrected chi connectivity index (χ2v) is 12.9. The monoisotopic (exact) mass is 539 g/mol. The Balaban J connectivity index is 1.29. The standard InChI is InChI=1S/C30H38FN3O5/c1-29(8-3-9-29)16-33-27(36)24-17-4-5-18(12-17)25(24)34-26(35)21-14-23(22(31)13-19(21)15-32)39-20-6-10-30(2,11-7-20)28(37)38/h13-14,17-18,20,24-25H,3-12,16H2,1-2H3,(H,33,36)(H,34,35)(H,37,38). The number of nitrogens with one attached hydrogen (secondary N) is 2. The molecule has 4 aliphatic rings. The Hall–Kier alpha value is -3.15. The molecule has 39 heavy (non-hydrogen) atoms. The smallest absolute Gasteiger partial charge is 0.309 e. The van der Waals surface area contributed by atoms with Crippen molar-refractivity contribution < 1.29 is 28.6 Å². The fourth-order valence-electron chi connectivity index (χ4n) is 7.14. The van der Waals surface area contributed by atoms with Gasteiger partial charge in [-0.05, 0) is 94.1 Å². The maximum atomic E-state index is 14.9. The van der Waals surface area contributed by atoms with E-state index in [2.05, 4.69) is 17.6 Å². The van der Waals surface area contributed by atoms with Crippen LogP contribution >= 0.6 is 0 Å². The summed E-state index contributed by atoms with van der Waals surface area (Å²) in [5.41, 5.74) is -0.749. The summed E-state index contributed by atoms with van der Waals surface area (Å²) < 4.78 is 20.8. The molecule has 4 unspecified atom stereocenters. The van der Waals surface area contributed by atoms with Crippen molar-refractivity contribution in [3.63, 3.8) is 0 Å². The predicted octanol–water partition coefficient (Wildman–Crippen LogP) is 4.56. The average molecular weight is 540 g/mol. The summed E-state index contributed by atoms with van der Waals surface area (Å²) in [4.78, 5) is 38.3. The lowest BCUT2D eigenvalue weighted by Crippen LogP contribution is -2.51. The summed E-state index contributed by atoms with van der Waals surface area (Å²) in [5, 5.41) is 25.3. The van der Waals surface area contributed by atoms with Crippen molar-refractivity contribution in [2.24, 2.45) is 28.6 Å². The number of hydrogen-bond donors (Lipinski definition) is 3. The number of carboxylic acid groups (broad SMARTS) is 1. The average Bonchev–Trinajstić information content (AvgIpc) is 3.50. The highest BCUT2D eigenvalue weighted by molar-refractivity contribution is 5.97. The van der Waals surface area contributed by atoms with Crippen molar-refractivity contribution in [2.75, 3.05) is 6.54 Å². The molecular weight excluding hydrogens is 501 g/mol. The van der Waals surface area contributed by atoms with Gasteiger partial charge in [0.25, 0.3) is 5.91 Å². The van der Waals surface area contributed by atoms with Gasteiger partial charge in [0.05, 0.1) is 28.6 Å². The normalized spacial score (nSPS) is 32.5. The third-order valence-electron chi connectivity index (χ3n) is 10.1. The number of carbonyl (C=O) groups is 3. The molecule has 2 amide bonds. The van der Waals surface area contributed by atoms with Gasteiger partial charge in [0, 0.05) is 12.6 Å². The number of benzene rings is 1. The van der Waals surface area contributed by atoms with E-state index in [1.54, 1.807) is 6.92 Å². The molecule has 0 aromatic heterocycles. The Morgan fingerprint density at radius 2 is 1.79 bits per heavy atom. The fraction of sp³-hybridized carbons (Fsp3) is 0.667. The Labute approximate surface area is 228 Å². The third-order valence-corrected chi connectivity index (χ3v) is 10.1. The summed E-state index contributed by atoms with van der Waals surface area (Å²) >= 11 is 0. The fourth-order valence-corrected chi connectivity index (χ4v) is 7.14. The molecule has 0 heterocycles. The number of amides is 2. The number of nitriles is 1. The lowest BCUT2D eigenvalue weighted by molar-refractivity contribution is -0.150. The van der Waals surface area contributed by atoms with Gasteiger partial charge in [-0.1, -0.05) is 13.3 Å². The second-order valence-electron chi connectivity index (χ2n) is 12.9. The van der Waals surface area contributed by atoms with E-state index >= 15 is 0 Å². The Morgan fingerprint density at radius 1 is 1.10 bits per heavy atom. The number of halogens is 1. The molecule has 1 aromatic rings. The van der Waals surface area contributed by atoms with Crippen LogP contribution in [-0.2, 0) is 9.59 Å². The zero-order valence-corrected chi connectivity index (χ0v) is 22.7. The molecule has 2 bridgehead atoms. The van der Waals surface area contributed by atoms with E-state index in [-0.39, 0.29) is 58.1 Å². The molecule has 4 atom stereocenters. The zero-order valence-electron chi connectivity index (χ0n) is 22.7. The van der Waals surface area contributed by atoms with Gasteiger partial charge < -0.3 is 20.5 Å². The molecule has 3 N–H and O–H groups in total. The minimum absolute atomic E-state index is 0.0176. The van der Waals surface area contributed by atoms with Crippen LogP contribution in [0.1, 0.15) is 94.0 Å². The van der Waals surface area contributed by atoms with Crippen LogP contribution in [0.3, 0.4) is 0 Å². The molecule has 210 valence electrons. The van der Waals surface area contributed by atoms with Crippen molar-refractivity contribution in [1.82, 2.24) is 10.6 Å². The molecule has 0 aliphatic heterocycles. The zero-order chi connectivity index (χ0) is 27.9. The molecule has 1 aromatic carbocycles. The van der Waals surface area contributed by atoms with Crippen LogP contribution in [0.2, 0.25) is 0 Å². The van der Waals surface area contributed by atoms with Gasteiger partial charge in [0.15, 0.2) is 11.6 Å². The summed E-state index contributed by atoms with van der Waals surface area (Å²) in [7, 11) is 0. The maximum Gasteiger partial charge on any atom is 0.309 e. The molecular formula is C30H38FN3O5. The quantitative estimate of drug-likeness (QED) is 0.444. The first-order valence-electron chi connectivity index (χ1n) is 14.2. The lowest BCUT2D eigenvalue weighted by atomic mass is 9.70. The topological polar surface area (TPSA) is 129 Å². The largest absolute Gasteiger partial charge is 0.487 e. The van der Waals surface area contributed by atoms with E-state index in [1.165, 1.54) is 12.5 Å². The Bertz CT molecular complexity index is 1200. The maximum absolute atomic E-state index is 14.9. The molecule has 5 rings (SSSR count). The molecule has 4 aliphatic carbocycles. The minimum atomic E-state index is -0.853. The number of rotatable bonds is 8. The van der Waals surface area contributed by atoms with E-state index in [4.69, 9.17) is 4.74 Å². The molecule has 0 spiro atoms. The molecule has 9 heteroatoms. The van der Waals surface area contributed by atoms with Crippen LogP contribution in [0.25, 0.3) is 0 Å². The van der Waals surface area contributed by atoms with Gasteiger partial charge >= 0.3 is 5.97 Å². The Morgan fingerprint density at radius 3 is 2.41 bits per heavy atom. The third kappa shape index (κ3) is 5.35. The number of fused-ring (bicyclic) bond motifs is 2. The van der Waals surface area contributed by atoms with E-state index in [9.17, 15) is 29.1 Å². The number of carboxylic acids is 1. The highest BCUT2D eigenvalue weighted by Crippen LogP contribution is 2.49. The van der Waals surface area contributed by atoms with Crippen LogP contribution in [0.5, 0.6) is 5.75 Å². The van der Waals surface area contributed by atoms with Gasteiger partial charge in [-0.15, -0.1) is 0 Å². The Kier molecular flexibility index (Phi) is 7.34. The first-order valence-corrected chi connectivity index (χ1v) is 14.2. The number of hydrogen-bond acceptors (Lipinski definition) is 5. The highest BCUT2D eigenvalue weighted by Gasteiger charge is 2.51. The first kappa shape index (κ1) is 27.4. The lowest BCUT2D eigenvalue weighted by Gasteiger charge is -2.39. The van der Waals surface area contributed by atoms with Crippen LogP contribution in [0.15, 0.2) is 12.1 Å². The van der Waals surface area contributed by atoms with E-state index in [1.807, 2.05) is 6.07 Å². The first-order chi connectivity index (χ1) is 18.5. The molecule has 4 saturated carbocycles. The van der Waals surface area contributed by atoms with Gasteiger partial charge in [-0.2, -0.15) is 5.26 Å². The van der Waals surface area contributed by atoms with Crippen LogP contribution in [0, 0.1) is 45.7 Å². The van der Waals surface area contributed by atoms with Crippen molar-refractivity contribution in [3.8, 4) is 11.8 Å². The summed E-state index contributed by atoms with van der Waals surface area (Å²) in [6, 6.07) is 3.86. The SMILES string of the molecule is CC1(CNC(=O)C2C3CCC(C3)C2NC(=O)c2cc(OC3CCC(C)(C(=O)O)CC3)c(F)cc2C#N)CCC1. The van der Waals surface area contributed by atoms with E-state index in [0.717, 1.165) is 38.2 Å². The van der Waals surface area contributed by atoms with Gasteiger partial charge in [0.2, 0.25) is 5.91 Å². The van der Waals surface area contributed by atoms with Crippen molar-refractivity contribution >= 4 is 17.8 Å². The summed E-state index contributed by atoms with van der Waals surface area (Å²) in [6.07, 6.45) is 7.53. The predicted molar refractivity (Wildman–Crippen MR) is 140 cm³/mol. The van der Waals surface area contributed by atoms with Crippen LogP contribution in [-0.4, -0.2) is 41.6 Å².